The quantitative estimate of drug-likeness (QED) is 0.715. The van der Waals surface area contributed by atoms with Gasteiger partial charge in [-0.05, 0) is 56.6 Å². The average molecular weight is 394 g/mol. The van der Waals surface area contributed by atoms with Gasteiger partial charge >= 0.3 is 6.03 Å². The van der Waals surface area contributed by atoms with E-state index in [2.05, 4.69) is 32.8 Å². The van der Waals surface area contributed by atoms with Crippen molar-refractivity contribution in [2.75, 3.05) is 30.3 Å². The van der Waals surface area contributed by atoms with Crippen molar-refractivity contribution < 1.29 is 4.79 Å². The number of carbonyl (C=O) groups excluding carboxylic acids is 1. The number of nitrogens with zero attached hydrogens (tertiary/aromatic N) is 3. The van der Waals surface area contributed by atoms with Gasteiger partial charge in [-0.15, -0.1) is 0 Å². The van der Waals surface area contributed by atoms with Crippen molar-refractivity contribution in [2.45, 2.75) is 45.1 Å². The Balaban J connectivity index is 1.30. The average Bonchev–Trinajstić information content (AvgIpc) is 3.19. The molecule has 2 heterocycles. The number of nitrogens with one attached hydrogen (secondary N) is 2. The molecule has 1 aromatic heterocycles. The molecule has 2 aromatic rings. The zero-order chi connectivity index (χ0) is 20.1. The van der Waals surface area contributed by atoms with E-state index in [9.17, 15) is 4.79 Å². The predicted octanol–water partition coefficient (Wildman–Crippen LogP) is 4.83. The number of benzene rings is 1. The van der Waals surface area contributed by atoms with Crippen molar-refractivity contribution in [3.05, 3.63) is 54.2 Å². The van der Waals surface area contributed by atoms with Crippen molar-refractivity contribution in [1.29, 1.82) is 0 Å². The molecule has 1 fully saturated rings. The van der Waals surface area contributed by atoms with Gasteiger partial charge in [0.2, 0.25) is 0 Å². The monoisotopic (exact) mass is 393 g/mol. The third-order valence-electron chi connectivity index (χ3n) is 6.10. The number of para-hydroxylation sites is 1. The molecule has 1 atom stereocenters. The Morgan fingerprint density at radius 2 is 1.93 bits per heavy atom. The molecule has 0 bridgehead atoms. The molecular formula is C23H31N5O. The summed E-state index contributed by atoms with van der Waals surface area (Å²) in [6, 6.07) is 9.75. The molecule has 0 spiro atoms. The van der Waals surface area contributed by atoms with Crippen LogP contribution in [0.5, 0.6) is 0 Å². The van der Waals surface area contributed by atoms with E-state index in [-0.39, 0.29) is 6.03 Å². The van der Waals surface area contributed by atoms with Crippen LogP contribution < -0.4 is 10.6 Å². The first-order valence-electron chi connectivity index (χ1n) is 10.7. The van der Waals surface area contributed by atoms with Gasteiger partial charge in [-0.1, -0.05) is 30.4 Å². The topological polar surface area (TPSA) is 62.2 Å². The number of aromatic nitrogens is 2. The molecule has 2 aliphatic rings. The van der Waals surface area contributed by atoms with Gasteiger partial charge in [-0.3, -0.25) is 5.32 Å². The van der Waals surface area contributed by atoms with Crippen LogP contribution in [0.3, 0.4) is 0 Å². The van der Waals surface area contributed by atoms with Crippen LogP contribution in [0.2, 0.25) is 0 Å². The first-order chi connectivity index (χ1) is 14.2. The minimum Gasteiger partial charge on any atom is -0.307 e. The largest absolute Gasteiger partial charge is 0.324 e. The van der Waals surface area contributed by atoms with Crippen molar-refractivity contribution in [1.82, 2.24) is 14.7 Å². The molecular weight excluding hydrogens is 362 g/mol. The van der Waals surface area contributed by atoms with Gasteiger partial charge in [-0.2, -0.15) is 5.10 Å². The van der Waals surface area contributed by atoms with Crippen molar-refractivity contribution in [3.63, 3.8) is 0 Å². The lowest BCUT2D eigenvalue weighted by Crippen LogP contribution is -2.38. The Hall–Kier alpha value is -2.60. The van der Waals surface area contributed by atoms with E-state index in [4.69, 9.17) is 0 Å². The minimum absolute atomic E-state index is 0.233. The number of rotatable bonds is 5. The number of amides is 2. The molecule has 1 unspecified atom stereocenters. The molecule has 1 aliphatic heterocycles. The number of urea groups is 1. The summed E-state index contributed by atoms with van der Waals surface area (Å²) in [4.78, 5) is 15.1. The zero-order valence-electron chi connectivity index (χ0n) is 17.2. The molecule has 4 rings (SSSR count). The highest BCUT2D eigenvalue weighted by molar-refractivity contribution is 5.99. The maximum absolute atomic E-state index is 12.5. The molecule has 1 saturated heterocycles. The molecule has 154 valence electrons. The maximum Gasteiger partial charge on any atom is 0.324 e. The molecule has 2 N–H and O–H groups in total. The number of aryl methyl sites for hydroxylation is 1. The van der Waals surface area contributed by atoms with E-state index in [0.29, 0.717) is 6.04 Å². The van der Waals surface area contributed by atoms with Gasteiger partial charge in [0.15, 0.2) is 0 Å². The van der Waals surface area contributed by atoms with Crippen molar-refractivity contribution in [3.8, 4) is 0 Å². The molecule has 0 radical (unpaired) electrons. The Morgan fingerprint density at radius 1 is 1.10 bits per heavy atom. The SMILES string of the molecule is Cc1ccccc1NC(=O)Nc1ccnn1C1CCN(CC2CC=CCC2)CC1. The second-order valence-electron chi connectivity index (χ2n) is 8.24. The Labute approximate surface area is 173 Å². The lowest BCUT2D eigenvalue weighted by molar-refractivity contribution is 0.154. The number of likely N-dealkylation sites (tertiary alicyclic amines) is 1. The van der Waals surface area contributed by atoms with Crippen LogP contribution in [0.4, 0.5) is 16.3 Å². The number of piperidine rings is 1. The first-order valence-corrected chi connectivity index (χ1v) is 10.7. The summed E-state index contributed by atoms with van der Waals surface area (Å²) in [5.41, 5.74) is 1.86. The van der Waals surface area contributed by atoms with Crippen LogP contribution in [0.25, 0.3) is 0 Å². The fourth-order valence-corrected chi connectivity index (χ4v) is 4.42. The molecule has 29 heavy (non-hydrogen) atoms. The third-order valence-corrected chi connectivity index (χ3v) is 6.10. The van der Waals surface area contributed by atoms with Gasteiger partial charge in [0.25, 0.3) is 0 Å². The van der Waals surface area contributed by atoms with E-state index >= 15 is 0 Å². The standard InChI is InChI=1S/C23H31N5O/c1-18-7-5-6-10-21(18)25-23(29)26-22-11-14-24-28(22)20-12-15-27(16-13-20)17-19-8-3-2-4-9-19/h2-3,5-7,10-11,14,19-20H,4,8-9,12-13,15-17H2,1H3,(H2,25,26,29). The van der Waals surface area contributed by atoms with E-state index < -0.39 is 0 Å². The van der Waals surface area contributed by atoms with Crippen LogP contribution in [0, 0.1) is 12.8 Å². The summed E-state index contributed by atoms with van der Waals surface area (Å²) in [5.74, 6) is 1.57. The lowest BCUT2D eigenvalue weighted by Gasteiger charge is -2.35. The van der Waals surface area contributed by atoms with Gasteiger partial charge in [0, 0.05) is 31.4 Å². The van der Waals surface area contributed by atoms with Gasteiger partial charge in [0.05, 0.1) is 12.2 Å². The second-order valence-corrected chi connectivity index (χ2v) is 8.24. The molecule has 6 nitrogen and oxygen atoms in total. The zero-order valence-corrected chi connectivity index (χ0v) is 17.2. The van der Waals surface area contributed by atoms with E-state index in [0.717, 1.165) is 48.9 Å². The van der Waals surface area contributed by atoms with E-state index in [1.165, 1.54) is 25.8 Å². The minimum atomic E-state index is -0.233. The Morgan fingerprint density at radius 3 is 2.69 bits per heavy atom. The van der Waals surface area contributed by atoms with E-state index in [1.807, 2.05) is 41.9 Å². The summed E-state index contributed by atoms with van der Waals surface area (Å²) >= 11 is 0. The second kappa shape index (κ2) is 9.27. The molecule has 1 aliphatic carbocycles. The molecule has 6 heteroatoms. The normalized spacial score (nSPS) is 20.5. The first kappa shape index (κ1) is 19.7. The van der Waals surface area contributed by atoms with Crippen LogP contribution in [0.1, 0.15) is 43.7 Å². The third kappa shape index (κ3) is 5.07. The summed E-state index contributed by atoms with van der Waals surface area (Å²) in [7, 11) is 0. The van der Waals surface area contributed by atoms with Gasteiger partial charge < -0.3 is 10.2 Å². The predicted molar refractivity (Wildman–Crippen MR) is 117 cm³/mol. The van der Waals surface area contributed by atoms with Crippen LogP contribution in [-0.4, -0.2) is 40.3 Å². The summed E-state index contributed by atoms with van der Waals surface area (Å²) < 4.78 is 1.98. The van der Waals surface area contributed by atoms with Gasteiger partial charge in [0.1, 0.15) is 5.82 Å². The number of carbonyl (C=O) groups is 1. The highest BCUT2D eigenvalue weighted by Crippen LogP contribution is 2.27. The summed E-state index contributed by atoms with van der Waals surface area (Å²) in [6.07, 6.45) is 12.3. The fourth-order valence-electron chi connectivity index (χ4n) is 4.42. The highest BCUT2D eigenvalue weighted by Gasteiger charge is 2.25. The lowest BCUT2D eigenvalue weighted by atomic mass is 9.93. The van der Waals surface area contributed by atoms with Crippen molar-refractivity contribution in [2.24, 2.45) is 5.92 Å². The van der Waals surface area contributed by atoms with Crippen LogP contribution in [-0.2, 0) is 0 Å². The number of allylic oxidation sites excluding steroid dienone is 2. The molecule has 0 saturated carbocycles. The summed E-state index contributed by atoms with van der Waals surface area (Å²) in [6.45, 7) is 5.39. The van der Waals surface area contributed by atoms with Gasteiger partial charge in [-0.25, -0.2) is 9.48 Å². The Kier molecular flexibility index (Phi) is 6.30. The number of hydrogen-bond donors (Lipinski definition) is 2. The van der Waals surface area contributed by atoms with Crippen LogP contribution in [0.15, 0.2) is 48.7 Å². The number of hydrogen-bond acceptors (Lipinski definition) is 3. The van der Waals surface area contributed by atoms with Crippen LogP contribution >= 0.6 is 0 Å². The maximum atomic E-state index is 12.5. The van der Waals surface area contributed by atoms with Crippen molar-refractivity contribution >= 4 is 17.5 Å². The Bertz CT molecular complexity index is 850. The number of anilines is 2. The van der Waals surface area contributed by atoms with E-state index in [1.54, 1.807) is 6.20 Å². The fraction of sp³-hybridized carbons (Fsp3) is 0.478. The smallest absolute Gasteiger partial charge is 0.307 e. The summed E-state index contributed by atoms with van der Waals surface area (Å²) in [5, 5.41) is 10.4. The molecule has 1 aromatic carbocycles. The molecule has 2 amide bonds. The highest BCUT2D eigenvalue weighted by atomic mass is 16.2.